The SMILES string of the molecule is CN1CC[C@]23c4c5ccc(OC(=O)NCC(C)(C)C(=O)NN6CCCCC6)c4O[C@H]2CC=CC3C1C5. The van der Waals surface area contributed by atoms with Gasteiger partial charge in [0.1, 0.15) is 6.10 Å². The zero-order chi connectivity index (χ0) is 25.1. The molecular formula is C28H38N4O4. The molecule has 2 amide bonds. The molecule has 2 unspecified atom stereocenters. The summed E-state index contributed by atoms with van der Waals surface area (Å²) in [5.41, 5.74) is 4.79. The number of hydrogen-bond acceptors (Lipinski definition) is 6. The number of ether oxygens (including phenoxy) is 2. The van der Waals surface area contributed by atoms with Crippen molar-refractivity contribution in [2.24, 2.45) is 11.3 Å². The van der Waals surface area contributed by atoms with E-state index in [9.17, 15) is 9.59 Å². The molecule has 2 saturated heterocycles. The summed E-state index contributed by atoms with van der Waals surface area (Å²) < 4.78 is 12.4. The van der Waals surface area contributed by atoms with E-state index in [1.165, 1.54) is 17.5 Å². The van der Waals surface area contributed by atoms with Crippen molar-refractivity contribution in [1.82, 2.24) is 20.7 Å². The fraction of sp³-hybridized carbons (Fsp3) is 0.643. The van der Waals surface area contributed by atoms with Gasteiger partial charge < -0.3 is 19.7 Å². The Balaban J connectivity index is 1.16. The van der Waals surface area contributed by atoms with E-state index in [0.717, 1.165) is 57.5 Å². The maximum absolute atomic E-state index is 12.9. The molecule has 1 spiro atoms. The van der Waals surface area contributed by atoms with Gasteiger partial charge in [0, 0.05) is 49.0 Å². The quantitative estimate of drug-likeness (QED) is 0.612. The summed E-state index contributed by atoms with van der Waals surface area (Å²) in [5, 5.41) is 4.79. The maximum atomic E-state index is 12.9. The Bertz CT molecular complexity index is 1100. The highest BCUT2D eigenvalue weighted by Crippen LogP contribution is 2.62. The van der Waals surface area contributed by atoms with Crippen LogP contribution in [0.2, 0.25) is 0 Å². The zero-order valence-corrected chi connectivity index (χ0v) is 21.6. The van der Waals surface area contributed by atoms with Gasteiger partial charge in [0.15, 0.2) is 11.5 Å². The van der Waals surface area contributed by atoms with Crippen LogP contribution >= 0.6 is 0 Å². The Morgan fingerprint density at radius 1 is 1.19 bits per heavy atom. The van der Waals surface area contributed by atoms with Crippen molar-refractivity contribution < 1.29 is 19.1 Å². The number of hydrogen-bond donors (Lipinski definition) is 2. The summed E-state index contributed by atoms with van der Waals surface area (Å²) in [6.45, 7) is 6.64. The number of benzene rings is 1. The van der Waals surface area contributed by atoms with Gasteiger partial charge >= 0.3 is 6.09 Å². The first kappa shape index (κ1) is 23.8. The lowest BCUT2D eigenvalue weighted by atomic mass is 9.54. The van der Waals surface area contributed by atoms with Crippen LogP contribution in [0.1, 0.15) is 57.1 Å². The number of carbonyl (C=O) groups is 2. The normalized spacial score (nSPS) is 30.8. The minimum absolute atomic E-state index is 0.0286. The van der Waals surface area contributed by atoms with Crippen LogP contribution in [0.25, 0.3) is 0 Å². The molecule has 2 aliphatic carbocycles. The molecule has 8 heteroatoms. The molecule has 3 aliphatic heterocycles. The lowest BCUT2D eigenvalue weighted by molar-refractivity contribution is -0.134. The van der Waals surface area contributed by atoms with E-state index in [2.05, 4.69) is 40.9 Å². The fourth-order valence-electron chi connectivity index (χ4n) is 7.09. The monoisotopic (exact) mass is 494 g/mol. The first-order valence-corrected chi connectivity index (χ1v) is 13.5. The van der Waals surface area contributed by atoms with Crippen LogP contribution in [0.4, 0.5) is 4.79 Å². The molecule has 36 heavy (non-hydrogen) atoms. The van der Waals surface area contributed by atoms with Crippen LogP contribution < -0.4 is 20.2 Å². The third-order valence-electron chi connectivity index (χ3n) is 9.19. The lowest BCUT2D eigenvalue weighted by Gasteiger charge is -2.55. The average molecular weight is 495 g/mol. The number of nitrogens with zero attached hydrogens (tertiary/aromatic N) is 2. The third kappa shape index (κ3) is 3.72. The van der Waals surface area contributed by atoms with E-state index >= 15 is 0 Å². The van der Waals surface area contributed by atoms with Crippen LogP contribution in [0.3, 0.4) is 0 Å². The van der Waals surface area contributed by atoms with Crippen molar-refractivity contribution >= 4 is 12.0 Å². The zero-order valence-electron chi connectivity index (χ0n) is 21.6. The van der Waals surface area contributed by atoms with Gasteiger partial charge in [0.2, 0.25) is 5.91 Å². The number of amides is 2. The van der Waals surface area contributed by atoms with E-state index in [4.69, 9.17) is 9.47 Å². The largest absolute Gasteiger partial charge is 0.485 e. The van der Waals surface area contributed by atoms with Gasteiger partial charge in [-0.15, -0.1) is 0 Å². The first-order chi connectivity index (χ1) is 17.3. The molecular weight excluding hydrogens is 456 g/mol. The third-order valence-corrected chi connectivity index (χ3v) is 9.19. The van der Waals surface area contributed by atoms with Crippen molar-refractivity contribution in [1.29, 1.82) is 0 Å². The van der Waals surface area contributed by atoms with Gasteiger partial charge in [-0.2, -0.15) is 0 Å². The Morgan fingerprint density at radius 3 is 2.81 bits per heavy atom. The molecule has 2 N–H and O–H groups in total. The molecule has 2 fully saturated rings. The van der Waals surface area contributed by atoms with Gasteiger partial charge in [-0.25, -0.2) is 9.80 Å². The Morgan fingerprint density at radius 2 is 2.00 bits per heavy atom. The van der Waals surface area contributed by atoms with Gasteiger partial charge in [-0.3, -0.25) is 10.2 Å². The van der Waals surface area contributed by atoms with E-state index in [1.54, 1.807) is 0 Å². The second-order valence-corrected chi connectivity index (χ2v) is 11.9. The number of carbonyl (C=O) groups excluding carboxylic acids is 2. The molecule has 6 rings (SSSR count). The van der Waals surface area contributed by atoms with E-state index < -0.39 is 11.5 Å². The van der Waals surface area contributed by atoms with Crippen molar-refractivity contribution in [3.63, 3.8) is 0 Å². The van der Waals surface area contributed by atoms with Crippen LogP contribution in [-0.4, -0.2) is 67.3 Å². The van der Waals surface area contributed by atoms with Gasteiger partial charge in [-0.1, -0.05) is 24.6 Å². The summed E-state index contributed by atoms with van der Waals surface area (Å²) in [6.07, 6.45) is 10.5. The topological polar surface area (TPSA) is 83.1 Å². The average Bonchev–Trinajstić information content (AvgIpc) is 3.21. The van der Waals surface area contributed by atoms with E-state index in [-0.39, 0.29) is 24.0 Å². The smallest absolute Gasteiger partial charge is 0.412 e. The number of nitrogens with one attached hydrogen (secondary N) is 2. The second kappa shape index (κ2) is 8.77. The minimum Gasteiger partial charge on any atom is -0.485 e. The summed E-state index contributed by atoms with van der Waals surface area (Å²) in [4.78, 5) is 28.2. The molecule has 3 heterocycles. The van der Waals surface area contributed by atoms with Crippen molar-refractivity contribution in [2.45, 2.75) is 69.9 Å². The number of hydrazine groups is 1. The van der Waals surface area contributed by atoms with Crippen LogP contribution in [0.15, 0.2) is 24.3 Å². The van der Waals surface area contributed by atoms with Gasteiger partial charge in [0.25, 0.3) is 0 Å². The van der Waals surface area contributed by atoms with Crippen molar-refractivity contribution in [3.05, 3.63) is 35.4 Å². The molecule has 1 aromatic rings. The van der Waals surface area contributed by atoms with Gasteiger partial charge in [0.05, 0.1) is 5.41 Å². The standard InChI is InChI=1S/C28H38N4O4/c1-27(2,25(33)30-32-13-5-4-6-14-32)17-29-26(34)35-21-11-10-18-16-20-19-8-7-9-22-28(19,12-15-31(20)3)23(18)24(21)36-22/h7-8,10-11,19-20,22H,4-6,9,12-17H2,1-3H3,(H,29,34)(H,30,33)/t19?,20?,22-,28+/m0/s1. The van der Waals surface area contributed by atoms with E-state index in [1.807, 2.05) is 24.9 Å². The predicted molar refractivity (Wildman–Crippen MR) is 136 cm³/mol. The summed E-state index contributed by atoms with van der Waals surface area (Å²) in [5.74, 6) is 1.54. The highest BCUT2D eigenvalue weighted by molar-refractivity contribution is 5.82. The molecule has 8 nitrogen and oxygen atoms in total. The molecule has 4 atom stereocenters. The van der Waals surface area contributed by atoms with E-state index in [0.29, 0.717) is 17.7 Å². The van der Waals surface area contributed by atoms with Crippen LogP contribution in [0, 0.1) is 11.3 Å². The molecule has 5 aliphatic rings. The number of likely N-dealkylation sites (tertiary alicyclic amines) is 1. The Hall–Kier alpha value is -2.58. The fourth-order valence-corrected chi connectivity index (χ4v) is 7.09. The molecule has 0 aromatic heterocycles. The second-order valence-electron chi connectivity index (χ2n) is 11.9. The highest BCUT2D eigenvalue weighted by Gasteiger charge is 2.62. The molecule has 0 saturated carbocycles. The number of piperidine rings is 2. The first-order valence-electron chi connectivity index (χ1n) is 13.5. The summed E-state index contributed by atoms with van der Waals surface area (Å²) in [7, 11) is 2.23. The number of rotatable bonds is 5. The Labute approximate surface area is 213 Å². The minimum atomic E-state index is -0.768. The molecule has 1 aromatic carbocycles. The molecule has 194 valence electrons. The van der Waals surface area contributed by atoms with Crippen molar-refractivity contribution in [3.8, 4) is 11.5 Å². The molecule has 2 bridgehead atoms. The van der Waals surface area contributed by atoms with Crippen molar-refractivity contribution in [2.75, 3.05) is 33.2 Å². The lowest BCUT2D eigenvalue weighted by Crippen LogP contribution is -2.62. The highest BCUT2D eigenvalue weighted by atomic mass is 16.6. The summed E-state index contributed by atoms with van der Waals surface area (Å²) in [6, 6.07) is 4.47. The molecule has 0 radical (unpaired) electrons. The summed E-state index contributed by atoms with van der Waals surface area (Å²) >= 11 is 0. The van der Waals surface area contributed by atoms with Gasteiger partial charge in [-0.05, 0) is 64.8 Å². The van der Waals surface area contributed by atoms with Crippen LogP contribution in [0.5, 0.6) is 11.5 Å². The van der Waals surface area contributed by atoms with Crippen LogP contribution in [-0.2, 0) is 16.6 Å². The maximum Gasteiger partial charge on any atom is 0.412 e. The number of likely N-dealkylation sites (N-methyl/N-ethyl adjacent to an activating group) is 1. The predicted octanol–water partition coefficient (Wildman–Crippen LogP) is 3.15. The Kier molecular flexibility index (Phi) is 5.80.